The number of hydrogen-bond donors (Lipinski definition) is 1. The Morgan fingerprint density at radius 3 is 2.57 bits per heavy atom. The van der Waals surface area contributed by atoms with Gasteiger partial charge in [0.15, 0.2) is 11.5 Å². The van der Waals surface area contributed by atoms with Crippen molar-refractivity contribution in [3.63, 3.8) is 0 Å². The number of nitrogens with one attached hydrogen (secondary N) is 1. The average molecular weight is 398 g/mol. The lowest BCUT2D eigenvalue weighted by molar-refractivity contribution is -0.0512. The third kappa shape index (κ3) is 4.91. The molecule has 1 aliphatic carbocycles. The van der Waals surface area contributed by atoms with Crippen LogP contribution >= 0.6 is 0 Å². The third-order valence-electron chi connectivity index (χ3n) is 5.69. The van der Waals surface area contributed by atoms with Crippen LogP contribution in [-0.2, 0) is 4.74 Å². The van der Waals surface area contributed by atoms with Gasteiger partial charge in [-0.1, -0.05) is 19.3 Å². The lowest BCUT2D eigenvalue weighted by atomic mass is 9.79. The van der Waals surface area contributed by atoms with Crippen molar-refractivity contribution in [3.05, 3.63) is 23.8 Å². The molecule has 0 bridgehead atoms. The van der Waals surface area contributed by atoms with Gasteiger partial charge in [-0.2, -0.15) is 8.78 Å². The van der Waals surface area contributed by atoms with Crippen molar-refractivity contribution in [1.82, 2.24) is 10.2 Å². The molecule has 3 rings (SSSR count). The van der Waals surface area contributed by atoms with E-state index in [1.54, 1.807) is 0 Å². The first kappa shape index (κ1) is 20.8. The molecule has 2 fully saturated rings. The molecule has 1 amide bonds. The number of ether oxygens (including phenoxy) is 3. The molecule has 0 aromatic heterocycles. The highest BCUT2D eigenvalue weighted by molar-refractivity contribution is 5.94. The van der Waals surface area contributed by atoms with Crippen LogP contribution in [0.3, 0.4) is 0 Å². The maximum atomic E-state index is 12.7. The number of methoxy groups -OCH3 is 1. The first-order valence-corrected chi connectivity index (χ1v) is 9.78. The van der Waals surface area contributed by atoms with Crippen molar-refractivity contribution >= 4 is 5.91 Å². The van der Waals surface area contributed by atoms with Crippen LogP contribution in [0.4, 0.5) is 8.78 Å². The molecule has 0 spiro atoms. The van der Waals surface area contributed by atoms with Crippen LogP contribution in [0.1, 0.15) is 42.5 Å². The van der Waals surface area contributed by atoms with Gasteiger partial charge in [-0.3, -0.25) is 9.69 Å². The summed E-state index contributed by atoms with van der Waals surface area (Å²) in [5.74, 6) is -0.236. The molecule has 0 radical (unpaired) electrons. The standard InChI is InChI=1S/C20H28F2N2O4/c1-26-17-13-15(5-6-16(17)28-19(21)22)18(25)23-14-20(7-3-2-4-8-20)24-9-11-27-12-10-24/h5-6,13,19H,2-4,7-12,14H2,1H3,(H,23,25). The number of morpholine rings is 1. The number of hydrogen-bond acceptors (Lipinski definition) is 5. The van der Waals surface area contributed by atoms with Gasteiger partial charge in [0.2, 0.25) is 0 Å². The van der Waals surface area contributed by atoms with Crippen molar-refractivity contribution in [2.75, 3.05) is 40.0 Å². The Morgan fingerprint density at radius 1 is 1.21 bits per heavy atom. The van der Waals surface area contributed by atoms with Gasteiger partial charge in [-0.05, 0) is 31.0 Å². The molecule has 156 valence electrons. The minimum atomic E-state index is -2.95. The molecule has 2 aliphatic rings. The summed E-state index contributed by atoms with van der Waals surface area (Å²) in [6.07, 6.45) is 5.64. The van der Waals surface area contributed by atoms with Crippen LogP contribution < -0.4 is 14.8 Å². The maximum Gasteiger partial charge on any atom is 0.387 e. The molecule has 1 aromatic rings. The lowest BCUT2D eigenvalue weighted by Crippen LogP contribution is -2.59. The minimum absolute atomic E-state index is 0.0412. The smallest absolute Gasteiger partial charge is 0.387 e. The monoisotopic (exact) mass is 398 g/mol. The van der Waals surface area contributed by atoms with Crippen molar-refractivity contribution in [1.29, 1.82) is 0 Å². The molecule has 1 heterocycles. The number of carbonyl (C=O) groups excluding carboxylic acids is 1. The van der Waals surface area contributed by atoms with Crippen LogP contribution in [0.15, 0.2) is 18.2 Å². The largest absolute Gasteiger partial charge is 0.493 e. The van der Waals surface area contributed by atoms with Crippen molar-refractivity contribution in [3.8, 4) is 11.5 Å². The predicted molar refractivity (Wildman–Crippen MR) is 100 cm³/mol. The van der Waals surface area contributed by atoms with Crippen molar-refractivity contribution < 1.29 is 27.8 Å². The maximum absolute atomic E-state index is 12.7. The summed E-state index contributed by atoms with van der Waals surface area (Å²) in [6, 6.07) is 4.23. The molecule has 8 heteroatoms. The highest BCUT2D eigenvalue weighted by Gasteiger charge is 2.38. The number of carbonyl (C=O) groups is 1. The zero-order valence-corrected chi connectivity index (χ0v) is 16.2. The average Bonchev–Trinajstić information content (AvgIpc) is 2.73. The van der Waals surface area contributed by atoms with Gasteiger partial charge in [0.25, 0.3) is 5.91 Å². The normalized spacial score (nSPS) is 20.0. The number of amides is 1. The van der Waals surface area contributed by atoms with E-state index in [0.717, 1.165) is 52.0 Å². The van der Waals surface area contributed by atoms with Gasteiger partial charge in [-0.15, -0.1) is 0 Å². The second kappa shape index (κ2) is 9.52. The summed E-state index contributed by atoms with van der Waals surface area (Å²) in [4.78, 5) is 15.2. The topological polar surface area (TPSA) is 60.0 Å². The Kier molecular flexibility index (Phi) is 7.07. The molecule has 1 saturated heterocycles. The van der Waals surface area contributed by atoms with Crippen LogP contribution in [0.25, 0.3) is 0 Å². The predicted octanol–water partition coefficient (Wildman–Crippen LogP) is 3.06. The fourth-order valence-electron chi connectivity index (χ4n) is 4.20. The Bertz CT molecular complexity index is 660. The van der Waals surface area contributed by atoms with E-state index >= 15 is 0 Å². The fourth-order valence-corrected chi connectivity index (χ4v) is 4.20. The lowest BCUT2D eigenvalue weighted by Gasteiger charge is -2.48. The van der Waals surface area contributed by atoms with Gasteiger partial charge < -0.3 is 19.5 Å². The number of benzene rings is 1. The molecule has 1 aromatic carbocycles. The van der Waals surface area contributed by atoms with Gasteiger partial charge in [0.1, 0.15) is 0 Å². The third-order valence-corrected chi connectivity index (χ3v) is 5.69. The summed E-state index contributed by atoms with van der Waals surface area (Å²) in [6.45, 7) is 0.806. The van der Waals surface area contributed by atoms with Crippen molar-refractivity contribution in [2.45, 2.75) is 44.3 Å². The van der Waals surface area contributed by atoms with Crippen LogP contribution in [0.2, 0.25) is 0 Å². The molecule has 0 unspecified atom stereocenters. The van der Waals surface area contributed by atoms with Gasteiger partial charge in [-0.25, -0.2) is 0 Å². The van der Waals surface area contributed by atoms with E-state index in [9.17, 15) is 13.6 Å². The summed E-state index contributed by atoms with van der Waals surface area (Å²) >= 11 is 0. The quantitative estimate of drug-likeness (QED) is 0.765. The van der Waals surface area contributed by atoms with E-state index in [-0.39, 0.29) is 22.9 Å². The number of nitrogens with zero attached hydrogens (tertiary/aromatic N) is 1. The highest BCUT2D eigenvalue weighted by Crippen LogP contribution is 2.34. The zero-order chi connectivity index (χ0) is 20.0. The van der Waals surface area contributed by atoms with E-state index in [4.69, 9.17) is 9.47 Å². The second-order valence-electron chi connectivity index (χ2n) is 7.31. The highest BCUT2D eigenvalue weighted by atomic mass is 19.3. The number of halogens is 2. The molecular formula is C20H28F2N2O4. The van der Waals surface area contributed by atoms with E-state index in [0.29, 0.717) is 12.1 Å². The Hall–Kier alpha value is -1.93. The molecule has 28 heavy (non-hydrogen) atoms. The fraction of sp³-hybridized carbons (Fsp3) is 0.650. The van der Waals surface area contributed by atoms with Crippen LogP contribution in [0.5, 0.6) is 11.5 Å². The Morgan fingerprint density at radius 2 is 1.93 bits per heavy atom. The minimum Gasteiger partial charge on any atom is -0.493 e. The van der Waals surface area contributed by atoms with Crippen LogP contribution in [-0.4, -0.2) is 62.9 Å². The molecule has 0 atom stereocenters. The molecule has 1 saturated carbocycles. The molecule has 1 aliphatic heterocycles. The molecule has 1 N–H and O–H groups in total. The SMILES string of the molecule is COc1cc(C(=O)NCC2(N3CCOCC3)CCCCC2)ccc1OC(F)F. The first-order chi connectivity index (χ1) is 13.5. The van der Waals surface area contributed by atoms with E-state index < -0.39 is 6.61 Å². The molecule has 6 nitrogen and oxygen atoms in total. The van der Waals surface area contributed by atoms with Gasteiger partial charge in [0, 0.05) is 30.7 Å². The summed E-state index contributed by atoms with van der Waals surface area (Å²) in [5, 5.41) is 3.05. The second-order valence-corrected chi connectivity index (χ2v) is 7.31. The summed E-state index contributed by atoms with van der Waals surface area (Å²) in [5.41, 5.74) is 0.312. The van der Waals surface area contributed by atoms with Crippen molar-refractivity contribution in [2.24, 2.45) is 0 Å². The Balaban J connectivity index is 1.68. The summed E-state index contributed by atoms with van der Waals surface area (Å²) < 4.78 is 39.9. The first-order valence-electron chi connectivity index (χ1n) is 9.78. The van der Waals surface area contributed by atoms with Gasteiger partial charge >= 0.3 is 6.61 Å². The van der Waals surface area contributed by atoms with Crippen LogP contribution in [0, 0.1) is 0 Å². The molecular weight excluding hydrogens is 370 g/mol. The van der Waals surface area contributed by atoms with E-state index in [1.165, 1.54) is 31.7 Å². The zero-order valence-electron chi connectivity index (χ0n) is 16.2. The number of alkyl halides is 2. The van der Waals surface area contributed by atoms with Gasteiger partial charge in [0.05, 0.1) is 20.3 Å². The van der Waals surface area contributed by atoms with E-state index in [1.807, 2.05) is 0 Å². The summed E-state index contributed by atoms with van der Waals surface area (Å²) in [7, 11) is 1.35. The van der Waals surface area contributed by atoms with E-state index in [2.05, 4.69) is 15.0 Å². The Labute approximate surface area is 164 Å². The number of rotatable bonds is 7.